The predicted octanol–water partition coefficient (Wildman–Crippen LogP) is 1.12. The van der Waals surface area contributed by atoms with Crippen molar-refractivity contribution < 1.29 is 24.2 Å². The number of nitrogens with zero attached hydrogens (tertiary/aromatic N) is 2. The Labute approximate surface area is 139 Å². The van der Waals surface area contributed by atoms with Crippen molar-refractivity contribution in [2.24, 2.45) is 5.92 Å². The van der Waals surface area contributed by atoms with E-state index in [4.69, 9.17) is 4.74 Å². The second kappa shape index (κ2) is 6.51. The van der Waals surface area contributed by atoms with Gasteiger partial charge in [-0.2, -0.15) is 0 Å². The zero-order chi connectivity index (χ0) is 17.3. The molecule has 0 aromatic heterocycles. The number of carboxylic acids is 1. The molecule has 0 spiro atoms. The summed E-state index contributed by atoms with van der Waals surface area (Å²) in [5.41, 5.74) is 0.571. The summed E-state index contributed by atoms with van der Waals surface area (Å²) in [4.78, 5) is 39.2. The number of amides is 2. The van der Waals surface area contributed by atoms with Gasteiger partial charge in [-0.3, -0.25) is 19.3 Å². The number of carboxylic acid groups (broad SMARTS) is 1. The van der Waals surface area contributed by atoms with Crippen molar-refractivity contribution in [3.8, 4) is 5.75 Å². The maximum atomic E-state index is 12.7. The van der Waals surface area contributed by atoms with Crippen molar-refractivity contribution >= 4 is 23.5 Å². The van der Waals surface area contributed by atoms with Crippen LogP contribution in [0.1, 0.15) is 19.8 Å². The van der Waals surface area contributed by atoms with E-state index in [1.54, 1.807) is 36.1 Å². The molecule has 1 aromatic rings. The van der Waals surface area contributed by atoms with Gasteiger partial charge in [-0.25, -0.2) is 0 Å². The van der Waals surface area contributed by atoms with Crippen LogP contribution in [0.3, 0.4) is 0 Å². The van der Waals surface area contributed by atoms with Gasteiger partial charge in [0.1, 0.15) is 12.3 Å². The lowest BCUT2D eigenvalue weighted by Gasteiger charge is -2.39. The average Bonchev–Trinajstić information content (AvgIpc) is 2.57. The van der Waals surface area contributed by atoms with E-state index in [0.29, 0.717) is 30.8 Å². The Bertz CT molecular complexity index is 675. The Morgan fingerprint density at radius 3 is 2.83 bits per heavy atom. The first-order chi connectivity index (χ1) is 11.5. The molecular formula is C17H20N2O5. The summed E-state index contributed by atoms with van der Waals surface area (Å²) < 4.78 is 5.37. The number of ether oxygens (including phenoxy) is 1. The first kappa shape index (κ1) is 16.3. The van der Waals surface area contributed by atoms with Gasteiger partial charge in [-0.05, 0) is 31.9 Å². The Hall–Kier alpha value is -2.57. The van der Waals surface area contributed by atoms with Gasteiger partial charge in [0.25, 0.3) is 5.91 Å². The van der Waals surface area contributed by atoms with Gasteiger partial charge >= 0.3 is 5.97 Å². The average molecular weight is 332 g/mol. The first-order valence-electron chi connectivity index (χ1n) is 8.03. The molecule has 3 rings (SSSR count). The topological polar surface area (TPSA) is 87.2 Å². The summed E-state index contributed by atoms with van der Waals surface area (Å²) in [7, 11) is 0. The van der Waals surface area contributed by atoms with E-state index in [-0.39, 0.29) is 31.0 Å². The maximum Gasteiger partial charge on any atom is 0.308 e. The molecule has 2 atom stereocenters. The number of hydrogen-bond acceptors (Lipinski definition) is 4. The van der Waals surface area contributed by atoms with Crippen LogP contribution in [0, 0.1) is 5.92 Å². The van der Waals surface area contributed by atoms with Crippen molar-refractivity contribution in [2.75, 3.05) is 24.6 Å². The maximum absolute atomic E-state index is 12.7. The van der Waals surface area contributed by atoms with Crippen molar-refractivity contribution in [1.82, 2.24) is 4.90 Å². The number of carbonyl (C=O) groups is 3. The molecular weight excluding hydrogens is 312 g/mol. The standard InChI is InChI=1S/C17H20N2O5/c1-11-12(17(22)23)5-4-8-18(11)15(20)9-19-13-6-2-3-7-14(13)24-10-16(19)21/h2-3,6-7,11-12H,4-5,8-10H2,1H3,(H,22,23)/t11-,12-/m1/s1. The van der Waals surface area contributed by atoms with E-state index >= 15 is 0 Å². The van der Waals surface area contributed by atoms with Crippen LogP contribution in [0.4, 0.5) is 5.69 Å². The van der Waals surface area contributed by atoms with Crippen molar-refractivity contribution in [2.45, 2.75) is 25.8 Å². The molecule has 1 aromatic carbocycles. The zero-order valence-corrected chi connectivity index (χ0v) is 13.5. The van der Waals surface area contributed by atoms with Gasteiger partial charge in [0, 0.05) is 12.6 Å². The van der Waals surface area contributed by atoms with Gasteiger partial charge in [-0.15, -0.1) is 0 Å². The lowest BCUT2D eigenvalue weighted by Crippen LogP contribution is -2.53. The van der Waals surface area contributed by atoms with Crippen molar-refractivity contribution in [3.05, 3.63) is 24.3 Å². The molecule has 2 aliphatic rings. The molecule has 2 heterocycles. The summed E-state index contributed by atoms with van der Waals surface area (Å²) in [6, 6.07) is 6.69. The molecule has 0 radical (unpaired) electrons. The molecule has 1 saturated heterocycles. The van der Waals surface area contributed by atoms with Crippen LogP contribution >= 0.6 is 0 Å². The molecule has 1 fully saturated rings. The predicted molar refractivity (Wildman–Crippen MR) is 85.8 cm³/mol. The molecule has 0 bridgehead atoms. The lowest BCUT2D eigenvalue weighted by molar-refractivity contribution is -0.149. The minimum absolute atomic E-state index is 0.0996. The van der Waals surface area contributed by atoms with Gasteiger partial charge in [0.15, 0.2) is 6.61 Å². The van der Waals surface area contributed by atoms with Gasteiger partial charge in [0.2, 0.25) is 5.91 Å². The number of rotatable bonds is 3. The lowest BCUT2D eigenvalue weighted by atomic mass is 9.90. The second-order valence-electron chi connectivity index (χ2n) is 6.15. The highest BCUT2D eigenvalue weighted by atomic mass is 16.5. The van der Waals surface area contributed by atoms with Crippen LogP contribution in [0.15, 0.2) is 24.3 Å². The highest BCUT2D eigenvalue weighted by Crippen LogP contribution is 2.32. The largest absolute Gasteiger partial charge is 0.482 e. The van der Waals surface area contributed by atoms with Crippen LogP contribution < -0.4 is 9.64 Å². The third-order valence-electron chi connectivity index (χ3n) is 4.73. The summed E-state index contributed by atoms with van der Waals surface area (Å²) in [6.45, 7) is 2.07. The minimum atomic E-state index is -0.882. The molecule has 128 valence electrons. The number of piperidine rings is 1. The van der Waals surface area contributed by atoms with E-state index in [1.165, 1.54) is 4.90 Å². The fourth-order valence-electron chi connectivity index (χ4n) is 3.38. The van der Waals surface area contributed by atoms with Crippen LogP contribution in [0.5, 0.6) is 5.75 Å². The molecule has 0 saturated carbocycles. The van der Waals surface area contributed by atoms with E-state index in [0.717, 1.165) is 0 Å². The Kier molecular flexibility index (Phi) is 4.42. The Morgan fingerprint density at radius 1 is 1.33 bits per heavy atom. The Balaban J connectivity index is 1.77. The van der Waals surface area contributed by atoms with Gasteiger partial charge in [-0.1, -0.05) is 12.1 Å². The van der Waals surface area contributed by atoms with E-state index in [9.17, 15) is 19.5 Å². The smallest absolute Gasteiger partial charge is 0.308 e. The highest BCUT2D eigenvalue weighted by molar-refractivity contribution is 6.02. The fraction of sp³-hybridized carbons (Fsp3) is 0.471. The molecule has 0 unspecified atom stereocenters. The first-order valence-corrected chi connectivity index (χ1v) is 8.03. The minimum Gasteiger partial charge on any atom is -0.482 e. The molecule has 7 heteroatoms. The summed E-state index contributed by atoms with van der Waals surface area (Å²) in [6.07, 6.45) is 1.22. The summed E-state index contributed by atoms with van der Waals surface area (Å²) >= 11 is 0. The zero-order valence-electron chi connectivity index (χ0n) is 13.5. The van der Waals surface area contributed by atoms with Crippen molar-refractivity contribution in [1.29, 1.82) is 0 Å². The number of hydrogen-bond donors (Lipinski definition) is 1. The molecule has 2 aliphatic heterocycles. The van der Waals surface area contributed by atoms with E-state index in [1.807, 2.05) is 0 Å². The van der Waals surface area contributed by atoms with Gasteiger partial charge in [0.05, 0.1) is 11.6 Å². The Morgan fingerprint density at radius 2 is 2.08 bits per heavy atom. The summed E-state index contributed by atoms with van der Waals surface area (Å²) in [5.74, 6) is -1.39. The van der Waals surface area contributed by atoms with E-state index in [2.05, 4.69) is 0 Å². The normalized spacial score (nSPS) is 23.5. The highest BCUT2D eigenvalue weighted by Gasteiger charge is 2.37. The number of anilines is 1. The van der Waals surface area contributed by atoms with Crippen LogP contribution in [-0.4, -0.2) is 53.5 Å². The SMILES string of the molecule is C[C@@H]1[C@H](C(=O)O)CCCN1C(=O)CN1C(=O)COc2ccccc21. The summed E-state index contributed by atoms with van der Waals surface area (Å²) in [5, 5.41) is 9.28. The number of aliphatic carboxylic acids is 1. The fourth-order valence-corrected chi connectivity index (χ4v) is 3.38. The second-order valence-corrected chi connectivity index (χ2v) is 6.15. The third-order valence-corrected chi connectivity index (χ3v) is 4.73. The molecule has 1 N–H and O–H groups in total. The quantitative estimate of drug-likeness (QED) is 0.896. The third kappa shape index (κ3) is 2.93. The number of likely N-dealkylation sites (tertiary alicyclic amines) is 1. The van der Waals surface area contributed by atoms with Crippen LogP contribution in [-0.2, 0) is 14.4 Å². The molecule has 2 amide bonds. The molecule has 7 nitrogen and oxygen atoms in total. The number of benzene rings is 1. The molecule has 24 heavy (non-hydrogen) atoms. The number of carbonyl (C=O) groups excluding carboxylic acids is 2. The van der Waals surface area contributed by atoms with Gasteiger partial charge < -0.3 is 14.7 Å². The molecule has 0 aliphatic carbocycles. The van der Waals surface area contributed by atoms with E-state index < -0.39 is 11.9 Å². The van der Waals surface area contributed by atoms with Crippen LogP contribution in [0.2, 0.25) is 0 Å². The van der Waals surface area contributed by atoms with Crippen molar-refractivity contribution in [3.63, 3.8) is 0 Å². The number of para-hydroxylation sites is 2. The van der Waals surface area contributed by atoms with Crippen LogP contribution in [0.25, 0.3) is 0 Å². The number of fused-ring (bicyclic) bond motifs is 1. The monoisotopic (exact) mass is 332 g/mol.